The third-order valence-corrected chi connectivity index (χ3v) is 3.13. The number of amides is 2. The molecular formula is C11H18N2O6. The number of rotatable bonds is 5. The number of nitrogens with zero attached hydrogens (tertiary/aromatic N) is 1. The van der Waals surface area contributed by atoms with E-state index in [0.717, 1.165) is 0 Å². The fourth-order valence-electron chi connectivity index (χ4n) is 1.93. The molecule has 0 radical (unpaired) electrons. The van der Waals surface area contributed by atoms with Crippen LogP contribution in [0.5, 0.6) is 0 Å². The topological polar surface area (TPSA) is 127 Å². The standard InChI is InChI=1S/C11H18N2O6/c14-6-7-1-3-13(4-2-7)11(19)12-8(10(17)18)5-9(15)16/h7-8,14H,1-6H2,(H,12,19)(H,15,16)(H,17,18)/t8-/m1/s1. The van der Waals surface area contributed by atoms with Crippen molar-refractivity contribution in [1.82, 2.24) is 10.2 Å². The van der Waals surface area contributed by atoms with Crippen LogP contribution in [0.1, 0.15) is 19.3 Å². The number of hydrogen-bond donors (Lipinski definition) is 4. The van der Waals surface area contributed by atoms with Gasteiger partial charge in [0.05, 0.1) is 6.42 Å². The Morgan fingerprint density at radius 3 is 2.21 bits per heavy atom. The molecule has 4 N–H and O–H groups in total. The molecule has 1 heterocycles. The van der Waals surface area contributed by atoms with Crippen molar-refractivity contribution in [2.45, 2.75) is 25.3 Å². The summed E-state index contributed by atoms with van der Waals surface area (Å²) in [6, 6.07) is -2.01. The monoisotopic (exact) mass is 274 g/mol. The third kappa shape index (κ3) is 4.74. The molecule has 0 aromatic heterocycles. The molecule has 19 heavy (non-hydrogen) atoms. The smallest absolute Gasteiger partial charge is 0.326 e. The first-order valence-electron chi connectivity index (χ1n) is 6.05. The number of urea groups is 1. The summed E-state index contributed by atoms with van der Waals surface area (Å²) in [6.45, 7) is 0.930. The quantitative estimate of drug-likeness (QED) is 0.526. The van der Waals surface area contributed by atoms with E-state index in [-0.39, 0.29) is 12.5 Å². The minimum absolute atomic E-state index is 0.0756. The zero-order valence-corrected chi connectivity index (χ0v) is 10.4. The Morgan fingerprint density at radius 1 is 1.21 bits per heavy atom. The third-order valence-electron chi connectivity index (χ3n) is 3.13. The van der Waals surface area contributed by atoms with Crippen LogP contribution in [0.3, 0.4) is 0 Å². The molecule has 0 aliphatic carbocycles. The molecule has 1 aliphatic heterocycles. The summed E-state index contributed by atoms with van der Waals surface area (Å²) in [5.74, 6) is -2.49. The van der Waals surface area contributed by atoms with E-state index in [4.69, 9.17) is 15.3 Å². The van der Waals surface area contributed by atoms with E-state index < -0.39 is 30.4 Å². The van der Waals surface area contributed by atoms with E-state index in [1.54, 1.807) is 0 Å². The second-order valence-electron chi connectivity index (χ2n) is 4.55. The molecule has 0 aromatic carbocycles. The highest BCUT2D eigenvalue weighted by Crippen LogP contribution is 2.16. The molecule has 0 saturated carbocycles. The van der Waals surface area contributed by atoms with Crippen molar-refractivity contribution in [3.63, 3.8) is 0 Å². The van der Waals surface area contributed by atoms with Crippen LogP contribution >= 0.6 is 0 Å². The molecule has 1 atom stereocenters. The summed E-state index contributed by atoms with van der Waals surface area (Å²) in [6.07, 6.45) is 0.648. The van der Waals surface area contributed by atoms with E-state index in [0.29, 0.717) is 25.9 Å². The molecule has 0 spiro atoms. The zero-order chi connectivity index (χ0) is 14.4. The van der Waals surface area contributed by atoms with Crippen molar-refractivity contribution in [2.24, 2.45) is 5.92 Å². The Morgan fingerprint density at radius 2 is 1.79 bits per heavy atom. The predicted octanol–water partition coefficient (Wildman–Crippen LogP) is -0.672. The van der Waals surface area contributed by atoms with Gasteiger partial charge < -0.3 is 25.5 Å². The second-order valence-corrected chi connectivity index (χ2v) is 4.55. The van der Waals surface area contributed by atoms with Gasteiger partial charge in [0, 0.05) is 19.7 Å². The van der Waals surface area contributed by atoms with Crippen LogP contribution in [0.15, 0.2) is 0 Å². The fraction of sp³-hybridized carbons (Fsp3) is 0.727. The van der Waals surface area contributed by atoms with Crippen molar-refractivity contribution >= 4 is 18.0 Å². The minimum atomic E-state index is -1.43. The number of nitrogens with one attached hydrogen (secondary N) is 1. The van der Waals surface area contributed by atoms with Gasteiger partial charge >= 0.3 is 18.0 Å². The number of aliphatic carboxylic acids is 2. The Kier molecular flexibility index (Phi) is 5.56. The number of carboxylic acid groups (broad SMARTS) is 2. The Hall–Kier alpha value is -1.83. The average Bonchev–Trinajstić information content (AvgIpc) is 2.37. The maximum Gasteiger partial charge on any atom is 0.326 e. The molecule has 0 aromatic rings. The maximum atomic E-state index is 11.8. The lowest BCUT2D eigenvalue weighted by Crippen LogP contribution is -2.51. The first kappa shape index (κ1) is 15.2. The highest BCUT2D eigenvalue weighted by molar-refractivity contribution is 5.86. The summed E-state index contributed by atoms with van der Waals surface area (Å²) in [7, 11) is 0. The summed E-state index contributed by atoms with van der Waals surface area (Å²) in [4.78, 5) is 34.5. The van der Waals surface area contributed by atoms with E-state index in [2.05, 4.69) is 5.32 Å². The van der Waals surface area contributed by atoms with Crippen LogP contribution in [0, 0.1) is 5.92 Å². The van der Waals surface area contributed by atoms with Crippen LogP contribution < -0.4 is 5.32 Å². The van der Waals surface area contributed by atoms with Crippen LogP contribution in [0.2, 0.25) is 0 Å². The lowest BCUT2D eigenvalue weighted by molar-refractivity contribution is -0.145. The molecule has 108 valence electrons. The largest absolute Gasteiger partial charge is 0.481 e. The van der Waals surface area contributed by atoms with Gasteiger partial charge in [0.15, 0.2) is 0 Å². The van der Waals surface area contributed by atoms with Gasteiger partial charge in [-0.1, -0.05) is 0 Å². The molecule has 1 aliphatic rings. The lowest BCUT2D eigenvalue weighted by atomic mass is 9.98. The summed E-state index contributed by atoms with van der Waals surface area (Å²) in [5.41, 5.74) is 0. The van der Waals surface area contributed by atoms with Gasteiger partial charge in [0.1, 0.15) is 6.04 Å². The molecule has 0 unspecified atom stereocenters. The van der Waals surface area contributed by atoms with Crippen LogP contribution in [0.25, 0.3) is 0 Å². The summed E-state index contributed by atoms with van der Waals surface area (Å²) < 4.78 is 0. The van der Waals surface area contributed by atoms with Gasteiger partial charge in [-0.2, -0.15) is 0 Å². The number of likely N-dealkylation sites (tertiary alicyclic amines) is 1. The van der Waals surface area contributed by atoms with E-state index in [1.165, 1.54) is 4.90 Å². The van der Waals surface area contributed by atoms with E-state index in [1.807, 2.05) is 0 Å². The number of hydrogen-bond acceptors (Lipinski definition) is 4. The molecule has 8 nitrogen and oxygen atoms in total. The SMILES string of the molecule is O=C(O)C[C@@H](NC(=O)N1CCC(CO)CC1)C(=O)O. The number of carbonyl (C=O) groups is 3. The number of carboxylic acids is 2. The second kappa shape index (κ2) is 6.93. The van der Waals surface area contributed by atoms with E-state index in [9.17, 15) is 14.4 Å². The molecule has 1 rings (SSSR count). The molecular weight excluding hydrogens is 256 g/mol. The number of aliphatic hydroxyl groups excluding tert-OH is 1. The van der Waals surface area contributed by atoms with Gasteiger partial charge in [0.25, 0.3) is 0 Å². The molecule has 8 heteroatoms. The molecule has 2 amide bonds. The van der Waals surface area contributed by atoms with Crippen LogP contribution in [-0.2, 0) is 9.59 Å². The fourth-order valence-corrected chi connectivity index (χ4v) is 1.93. The van der Waals surface area contributed by atoms with Crippen LogP contribution in [-0.4, -0.2) is 63.9 Å². The number of piperidine rings is 1. The summed E-state index contributed by atoms with van der Waals surface area (Å²) >= 11 is 0. The zero-order valence-electron chi connectivity index (χ0n) is 10.4. The molecule has 1 fully saturated rings. The highest BCUT2D eigenvalue weighted by Gasteiger charge is 2.27. The van der Waals surface area contributed by atoms with Gasteiger partial charge in [0.2, 0.25) is 0 Å². The van der Waals surface area contributed by atoms with Gasteiger partial charge in [-0.15, -0.1) is 0 Å². The molecule has 1 saturated heterocycles. The Balaban J connectivity index is 2.48. The highest BCUT2D eigenvalue weighted by atomic mass is 16.4. The first-order valence-corrected chi connectivity index (χ1v) is 6.05. The van der Waals surface area contributed by atoms with Crippen molar-refractivity contribution in [1.29, 1.82) is 0 Å². The first-order chi connectivity index (χ1) is 8.93. The maximum absolute atomic E-state index is 11.8. The van der Waals surface area contributed by atoms with E-state index >= 15 is 0 Å². The van der Waals surface area contributed by atoms with Crippen molar-refractivity contribution in [3.05, 3.63) is 0 Å². The molecule has 0 bridgehead atoms. The summed E-state index contributed by atoms with van der Waals surface area (Å²) in [5, 5.41) is 28.6. The predicted molar refractivity (Wildman–Crippen MR) is 63.6 cm³/mol. The van der Waals surface area contributed by atoms with Crippen molar-refractivity contribution < 1.29 is 29.7 Å². The minimum Gasteiger partial charge on any atom is -0.481 e. The van der Waals surface area contributed by atoms with Gasteiger partial charge in [-0.05, 0) is 18.8 Å². The Labute approximate surface area is 110 Å². The van der Waals surface area contributed by atoms with Crippen LogP contribution in [0.4, 0.5) is 4.79 Å². The lowest BCUT2D eigenvalue weighted by Gasteiger charge is -2.31. The number of carbonyl (C=O) groups excluding carboxylic acids is 1. The Bertz CT molecular complexity index is 351. The van der Waals surface area contributed by atoms with Crippen molar-refractivity contribution in [2.75, 3.05) is 19.7 Å². The number of aliphatic hydroxyl groups is 1. The van der Waals surface area contributed by atoms with Gasteiger partial charge in [-0.3, -0.25) is 4.79 Å². The van der Waals surface area contributed by atoms with Crippen molar-refractivity contribution in [3.8, 4) is 0 Å². The van der Waals surface area contributed by atoms with Gasteiger partial charge in [-0.25, -0.2) is 9.59 Å². The normalized spacial score (nSPS) is 17.8. The average molecular weight is 274 g/mol.